The molecule has 0 unspecified atom stereocenters. The lowest BCUT2D eigenvalue weighted by Gasteiger charge is -2.05. The van der Waals surface area contributed by atoms with E-state index in [2.05, 4.69) is 20.4 Å². The Labute approximate surface area is 107 Å². The molecule has 0 aliphatic carbocycles. The molecule has 94 valence electrons. The largest absolute Gasteiger partial charge is 0.478 e. The molecule has 2 N–H and O–H groups in total. The van der Waals surface area contributed by atoms with Crippen molar-refractivity contribution in [2.24, 2.45) is 0 Å². The van der Waals surface area contributed by atoms with Crippen molar-refractivity contribution in [1.82, 2.24) is 15.1 Å². The second-order valence-electron chi connectivity index (χ2n) is 3.44. The number of nitrogens with zero attached hydrogens (tertiary/aromatic N) is 3. The minimum Gasteiger partial charge on any atom is -0.478 e. The SMILES string of the molecule is Cc1nc(CNc2ncc(C(=O)O)cc2Cl)no1. The highest BCUT2D eigenvalue weighted by atomic mass is 35.5. The van der Waals surface area contributed by atoms with E-state index in [-0.39, 0.29) is 17.1 Å². The van der Waals surface area contributed by atoms with Gasteiger partial charge in [0.1, 0.15) is 5.82 Å². The number of carboxylic acid groups (broad SMARTS) is 1. The van der Waals surface area contributed by atoms with E-state index >= 15 is 0 Å². The molecular weight excluding hydrogens is 260 g/mol. The molecule has 2 heterocycles. The zero-order valence-electron chi connectivity index (χ0n) is 9.35. The van der Waals surface area contributed by atoms with Gasteiger partial charge in [-0.1, -0.05) is 16.8 Å². The number of carboxylic acids is 1. The Bertz CT molecular complexity index is 584. The zero-order valence-corrected chi connectivity index (χ0v) is 10.1. The van der Waals surface area contributed by atoms with Crippen molar-refractivity contribution in [3.8, 4) is 0 Å². The standard InChI is InChI=1S/C10H9ClN4O3/c1-5-14-8(15-18-5)4-13-9-7(11)2-6(3-12-9)10(16)17/h2-3H,4H2,1H3,(H,12,13)(H,16,17). The van der Waals surface area contributed by atoms with E-state index in [0.29, 0.717) is 17.5 Å². The van der Waals surface area contributed by atoms with Crippen molar-refractivity contribution in [3.05, 3.63) is 34.6 Å². The highest BCUT2D eigenvalue weighted by Crippen LogP contribution is 2.20. The van der Waals surface area contributed by atoms with Crippen molar-refractivity contribution >= 4 is 23.4 Å². The summed E-state index contributed by atoms with van der Waals surface area (Å²) >= 11 is 5.89. The Morgan fingerprint density at radius 1 is 1.61 bits per heavy atom. The summed E-state index contributed by atoms with van der Waals surface area (Å²) in [5.74, 6) is 0.216. The first kappa shape index (κ1) is 12.3. The third-order valence-electron chi connectivity index (χ3n) is 2.07. The zero-order chi connectivity index (χ0) is 13.1. The molecule has 7 nitrogen and oxygen atoms in total. The van der Waals surface area contributed by atoms with E-state index < -0.39 is 5.97 Å². The fourth-order valence-electron chi connectivity index (χ4n) is 1.26. The topological polar surface area (TPSA) is 101 Å². The van der Waals surface area contributed by atoms with Gasteiger partial charge in [0, 0.05) is 13.1 Å². The molecule has 8 heteroatoms. The van der Waals surface area contributed by atoms with Crippen molar-refractivity contribution in [1.29, 1.82) is 0 Å². The minimum atomic E-state index is -1.08. The summed E-state index contributed by atoms with van der Waals surface area (Å²) in [6.07, 6.45) is 1.22. The van der Waals surface area contributed by atoms with E-state index in [1.54, 1.807) is 6.92 Å². The fraction of sp³-hybridized carbons (Fsp3) is 0.200. The lowest BCUT2D eigenvalue weighted by Crippen LogP contribution is -2.05. The summed E-state index contributed by atoms with van der Waals surface area (Å²) in [6, 6.07) is 1.32. The van der Waals surface area contributed by atoms with E-state index in [9.17, 15) is 4.79 Å². The summed E-state index contributed by atoms with van der Waals surface area (Å²) < 4.78 is 4.80. The molecule has 0 spiro atoms. The fourth-order valence-corrected chi connectivity index (χ4v) is 1.49. The van der Waals surface area contributed by atoms with Gasteiger partial charge in [-0.2, -0.15) is 4.98 Å². The van der Waals surface area contributed by atoms with Crippen LogP contribution in [0, 0.1) is 6.92 Å². The van der Waals surface area contributed by atoms with Crippen molar-refractivity contribution < 1.29 is 14.4 Å². The number of aromatic carboxylic acids is 1. The Morgan fingerprint density at radius 2 is 2.39 bits per heavy atom. The number of halogens is 1. The van der Waals surface area contributed by atoms with Crippen LogP contribution in [-0.4, -0.2) is 26.2 Å². The van der Waals surface area contributed by atoms with Crippen LogP contribution in [0.1, 0.15) is 22.1 Å². The first-order chi connectivity index (χ1) is 8.56. The number of aromatic nitrogens is 3. The number of pyridine rings is 1. The molecule has 2 aromatic heterocycles. The molecule has 2 aromatic rings. The lowest BCUT2D eigenvalue weighted by molar-refractivity contribution is 0.0696. The maximum Gasteiger partial charge on any atom is 0.337 e. The highest BCUT2D eigenvalue weighted by Gasteiger charge is 2.09. The quantitative estimate of drug-likeness (QED) is 0.871. The average molecular weight is 269 g/mol. The van der Waals surface area contributed by atoms with Crippen LogP contribution >= 0.6 is 11.6 Å². The average Bonchev–Trinajstić information content (AvgIpc) is 2.73. The summed E-state index contributed by atoms with van der Waals surface area (Å²) in [5, 5.41) is 15.6. The predicted molar refractivity (Wildman–Crippen MR) is 62.6 cm³/mol. The Kier molecular flexibility index (Phi) is 3.42. The molecule has 18 heavy (non-hydrogen) atoms. The Hall–Kier alpha value is -2.15. The summed E-state index contributed by atoms with van der Waals surface area (Å²) in [4.78, 5) is 18.6. The predicted octanol–water partition coefficient (Wildman–Crippen LogP) is 1.74. The van der Waals surface area contributed by atoms with Crippen molar-refractivity contribution in [2.75, 3.05) is 5.32 Å². The van der Waals surface area contributed by atoms with Crippen LogP contribution in [0.2, 0.25) is 5.02 Å². The Balaban J connectivity index is 2.08. The van der Waals surface area contributed by atoms with E-state index in [0.717, 1.165) is 0 Å². The van der Waals surface area contributed by atoms with E-state index in [1.165, 1.54) is 12.3 Å². The molecule has 0 fully saturated rings. The van der Waals surface area contributed by atoms with E-state index in [4.69, 9.17) is 21.2 Å². The molecule has 0 aliphatic heterocycles. The van der Waals surface area contributed by atoms with Crippen LogP contribution < -0.4 is 5.32 Å². The molecule has 0 bridgehead atoms. The molecular formula is C10H9ClN4O3. The molecule has 0 aromatic carbocycles. The summed E-state index contributed by atoms with van der Waals surface area (Å²) in [6.45, 7) is 1.97. The van der Waals surface area contributed by atoms with Crippen molar-refractivity contribution in [3.63, 3.8) is 0 Å². The van der Waals surface area contributed by atoms with Gasteiger partial charge in [0.25, 0.3) is 0 Å². The van der Waals surface area contributed by atoms with Crippen LogP contribution in [-0.2, 0) is 6.54 Å². The molecule has 0 radical (unpaired) electrons. The number of rotatable bonds is 4. The number of carbonyl (C=O) groups is 1. The lowest BCUT2D eigenvalue weighted by atomic mass is 10.3. The first-order valence-electron chi connectivity index (χ1n) is 4.98. The number of hydrogen-bond acceptors (Lipinski definition) is 6. The van der Waals surface area contributed by atoms with E-state index in [1.807, 2.05) is 0 Å². The molecule has 0 aliphatic rings. The summed E-state index contributed by atoms with van der Waals surface area (Å²) in [5.41, 5.74) is 0.0287. The van der Waals surface area contributed by atoms with Crippen LogP contribution in [0.3, 0.4) is 0 Å². The van der Waals surface area contributed by atoms with Gasteiger partial charge in [0.2, 0.25) is 5.89 Å². The monoisotopic (exact) mass is 268 g/mol. The summed E-state index contributed by atoms with van der Waals surface area (Å²) in [7, 11) is 0. The second-order valence-corrected chi connectivity index (χ2v) is 3.85. The van der Waals surface area contributed by atoms with Gasteiger partial charge in [-0.3, -0.25) is 0 Å². The van der Waals surface area contributed by atoms with Crippen LogP contribution in [0.4, 0.5) is 5.82 Å². The number of aryl methyl sites for hydroxylation is 1. The van der Waals surface area contributed by atoms with Crippen LogP contribution in [0.25, 0.3) is 0 Å². The number of hydrogen-bond donors (Lipinski definition) is 2. The normalized spacial score (nSPS) is 10.3. The highest BCUT2D eigenvalue weighted by molar-refractivity contribution is 6.33. The van der Waals surface area contributed by atoms with Gasteiger partial charge in [-0.15, -0.1) is 0 Å². The minimum absolute atomic E-state index is 0.0287. The second kappa shape index (κ2) is 5.01. The molecule has 0 saturated heterocycles. The maximum atomic E-state index is 10.7. The molecule has 0 saturated carbocycles. The van der Waals surface area contributed by atoms with Crippen molar-refractivity contribution in [2.45, 2.75) is 13.5 Å². The van der Waals surface area contributed by atoms with Gasteiger partial charge in [-0.05, 0) is 6.07 Å². The van der Waals surface area contributed by atoms with Gasteiger partial charge >= 0.3 is 5.97 Å². The smallest absolute Gasteiger partial charge is 0.337 e. The van der Waals surface area contributed by atoms with Crippen LogP contribution in [0.15, 0.2) is 16.8 Å². The van der Waals surface area contributed by atoms with Gasteiger partial charge < -0.3 is 14.9 Å². The molecule has 0 atom stereocenters. The maximum absolute atomic E-state index is 10.7. The number of nitrogens with one attached hydrogen (secondary N) is 1. The van der Waals surface area contributed by atoms with Crippen LogP contribution in [0.5, 0.6) is 0 Å². The number of anilines is 1. The Morgan fingerprint density at radius 3 is 2.94 bits per heavy atom. The third kappa shape index (κ3) is 2.75. The molecule has 2 rings (SSSR count). The third-order valence-corrected chi connectivity index (χ3v) is 2.36. The van der Waals surface area contributed by atoms with Gasteiger partial charge in [-0.25, -0.2) is 9.78 Å². The molecule has 0 amide bonds. The van der Waals surface area contributed by atoms with Gasteiger partial charge in [0.15, 0.2) is 5.82 Å². The first-order valence-corrected chi connectivity index (χ1v) is 5.36. The van der Waals surface area contributed by atoms with Gasteiger partial charge in [0.05, 0.1) is 17.1 Å².